The Hall–Kier alpha value is -1.20. The predicted octanol–water partition coefficient (Wildman–Crippen LogP) is 1.43. The van der Waals surface area contributed by atoms with E-state index in [-0.39, 0.29) is 24.4 Å². The highest BCUT2D eigenvalue weighted by molar-refractivity contribution is 5.85. The Kier molecular flexibility index (Phi) is 5.92. The molecule has 0 aliphatic heterocycles. The fourth-order valence-corrected chi connectivity index (χ4v) is 1.17. The molecule has 0 aliphatic carbocycles. The van der Waals surface area contributed by atoms with Gasteiger partial charge in [-0.1, -0.05) is 0 Å². The zero-order valence-corrected chi connectivity index (χ0v) is 9.39. The van der Waals surface area contributed by atoms with Crippen LogP contribution in [0.25, 0.3) is 0 Å². The Balaban J connectivity index is 0.00000225. The number of rotatable bonds is 3. The molecule has 0 heterocycles. The number of hydrogen-bond acceptors (Lipinski definition) is 3. The van der Waals surface area contributed by atoms with Crippen molar-refractivity contribution in [3.8, 4) is 0 Å². The molecule has 3 nitrogen and oxygen atoms in total. The highest BCUT2D eigenvalue weighted by Gasteiger charge is 2.16. The summed E-state index contributed by atoms with van der Waals surface area (Å²) in [7, 11) is 1.18. The molecular formula is C10H12ClF2NO2. The molecule has 16 heavy (non-hydrogen) atoms. The van der Waals surface area contributed by atoms with Gasteiger partial charge in [-0.2, -0.15) is 0 Å². The monoisotopic (exact) mass is 251 g/mol. The molecule has 90 valence electrons. The van der Waals surface area contributed by atoms with Crippen LogP contribution in [-0.2, 0) is 16.0 Å². The molecule has 2 N–H and O–H groups in total. The van der Waals surface area contributed by atoms with Gasteiger partial charge < -0.3 is 10.5 Å². The van der Waals surface area contributed by atoms with E-state index in [0.29, 0.717) is 0 Å². The number of ether oxygens (including phenoxy) is 1. The molecule has 0 aromatic heterocycles. The van der Waals surface area contributed by atoms with Crippen LogP contribution in [-0.4, -0.2) is 19.1 Å². The van der Waals surface area contributed by atoms with Gasteiger partial charge in [0, 0.05) is 6.42 Å². The molecule has 0 fully saturated rings. The molecule has 0 aliphatic rings. The summed E-state index contributed by atoms with van der Waals surface area (Å²) in [5.74, 6) is -1.81. The van der Waals surface area contributed by atoms with Crippen LogP contribution in [0.15, 0.2) is 18.2 Å². The number of hydrogen-bond donors (Lipinski definition) is 1. The highest BCUT2D eigenvalue weighted by Crippen LogP contribution is 2.11. The number of halogens is 3. The smallest absolute Gasteiger partial charge is 0.322 e. The molecule has 0 spiro atoms. The minimum Gasteiger partial charge on any atom is -0.468 e. The lowest BCUT2D eigenvalue weighted by molar-refractivity contribution is -0.142. The van der Waals surface area contributed by atoms with E-state index < -0.39 is 23.6 Å². The molecule has 0 amide bonds. The van der Waals surface area contributed by atoms with Crippen LogP contribution >= 0.6 is 12.4 Å². The van der Waals surface area contributed by atoms with Crippen LogP contribution in [0.1, 0.15) is 5.56 Å². The van der Waals surface area contributed by atoms with Gasteiger partial charge in [0.2, 0.25) is 0 Å². The number of nitrogens with two attached hydrogens (primary N) is 1. The Morgan fingerprint density at radius 3 is 2.69 bits per heavy atom. The summed E-state index contributed by atoms with van der Waals surface area (Å²) >= 11 is 0. The summed E-state index contributed by atoms with van der Waals surface area (Å²) in [6, 6.07) is 2.03. The molecule has 0 bridgehead atoms. The summed E-state index contributed by atoms with van der Waals surface area (Å²) in [4.78, 5) is 10.9. The molecule has 1 atom stereocenters. The van der Waals surface area contributed by atoms with Crippen molar-refractivity contribution in [2.45, 2.75) is 12.5 Å². The molecule has 1 aromatic rings. The van der Waals surface area contributed by atoms with Gasteiger partial charge in [-0.15, -0.1) is 12.4 Å². The Morgan fingerprint density at radius 1 is 1.50 bits per heavy atom. The summed E-state index contributed by atoms with van der Waals surface area (Å²) in [5, 5.41) is 0. The van der Waals surface area contributed by atoms with Gasteiger partial charge >= 0.3 is 5.97 Å². The Morgan fingerprint density at radius 2 is 2.12 bits per heavy atom. The van der Waals surface area contributed by atoms with Gasteiger partial charge in [0.05, 0.1) is 7.11 Å². The van der Waals surface area contributed by atoms with E-state index in [2.05, 4.69) is 4.74 Å². The SMILES string of the molecule is COC(=O)[C@H](N)Cc1cc(F)ccc1F.Cl. The zero-order valence-electron chi connectivity index (χ0n) is 8.57. The van der Waals surface area contributed by atoms with E-state index in [1.807, 2.05) is 0 Å². The maximum Gasteiger partial charge on any atom is 0.322 e. The number of carbonyl (C=O) groups is 1. The van der Waals surface area contributed by atoms with Crippen LogP contribution in [0.5, 0.6) is 0 Å². The van der Waals surface area contributed by atoms with Crippen molar-refractivity contribution in [3.63, 3.8) is 0 Å². The first kappa shape index (κ1) is 14.8. The minimum absolute atomic E-state index is 0. The van der Waals surface area contributed by atoms with Gasteiger partial charge in [-0.25, -0.2) is 8.78 Å². The van der Waals surface area contributed by atoms with E-state index in [4.69, 9.17) is 5.73 Å². The molecule has 0 unspecified atom stereocenters. The largest absolute Gasteiger partial charge is 0.468 e. The van der Waals surface area contributed by atoms with Crippen molar-refractivity contribution in [3.05, 3.63) is 35.4 Å². The summed E-state index contributed by atoms with van der Waals surface area (Å²) in [5.41, 5.74) is 5.48. The second kappa shape index (κ2) is 6.40. The van der Waals surface area contributed by atoms with Crippen molar-refractivity contribution in [1.29, 1.82) is 0 Å². The van der Waals surface area contributed by atoms with Gasteiger partial charge in [0.15, 0.2) is 0 Å². The standard InChI is InChI=1S/C10H11F2NO2.ClH/c1-15-10(14)9(13)5-6-4-7(11)2-3-8(6)12;/h2-4,9H,5,13H2,1H3;1H/t9-;/m1./s1. The zero-order chi connectivity index (χ0) is 11.4. The third-order valence-corrected chi connectivity index (χ3v) is 1.95. The fraction of sp³-hybridized carbons (Fsp3) is 0.300. The quantitative estimate of drug-likeness (QED) is 0.827. The third kappa shape index (κ3) is 3.75. The normalized spacial score (nSPS) is 11.5. The second-order valence-electron chi connectivity index (χ2n) is 3.07. The van der Waals surface area contributed by atoms with Crippen molar-refractivity contribution < 1.29 is 18.3 Å². The molecular weight excluding hydrogens is 240 g/mol. The van der Waals surface area contributed by atoms with Crippen molar-refractivity contribution in [1.82, 2.24) is 0 Å². The van der Waals surface area contributed by atoms with Gasteiger partial charge in [-0.3, -0.25) is 4.79 Å². The second-order valence-corrected chi connectivity index (χ2v) is 3.07. The lowest BCUT2D eigenvalue weighted by atomic mass is 10.1. The van der Waals surface area contributed by atoms with E-state index in [0.717, 1.165) is 18.2 Å². The number of esters is 1. The first-order valence-corrected chi connectivity index (χ1v) is 4.32. The fourth-order valence-electron chi connectivity index (χ4n) is 1.17. The average Bonchev–Trinajstić information content (AvgIpc) is 2.22. The lowest BCUT2D eigenvalue weighted by Gasteiger charge is -2.09. The van der Waals surface area contributed by atoms with Crippen molar-refractivity contribution >= 4 is 18.4 Å². The molecule has 1 aromatic carbocycles. The average molecular weight is 252 g/mol. The Labute approximate surface area is 98.0 Å². The van der Waals surface area contributed by atoms with E-state index in [9.17, 15) is 13.6 Å². The third-order valence-electron chi connectivity index (χ3n) is 1.95. The lowest BCUT2D eigenvalue weighted by Crippen LogP contribution is -2.33. The van der Waals surface area contributed by atoms with Crippen LogP contribution in [0.3, 0.4) is 0 Å². The summed E-state index contributed by atoms with van der Waals surface area (Å²) < 4.78 is 30.3. The number of methoxy groups -OCH3 is 1. The van der Waals surface area contributed by atoms with Crippen molar-refractivity contribution in [2.75, 3.05) is 7.11 Å². The molecule has 0 radical (unpaired) electrons. The number of carbonyl (C=O) groups excluding carboxylic acids is 1. The summed E-state index contributed by atoms with van der Waals surface area (Å²) in [6.07, 6.45) is -0.0870. The van der Waals surface area contributed by atoms with Gasteiger partial charge in [-0.05, 0) is 23.8 Å². The van der Waals surface area contributed by atoms with Gasteiger partial charge in [0.25, 0.3) is 0 Å². The maximum absolute atomic E-state index is 13.1. The molecule has 0 saturated carbocycles. The van der Waals surface area contributed by atoms with Crippen LogP contribution in [0, 0.1) is 11.6 Å². The first-order chi connectivity index (χ1) is 7.04. The van der Waals surface area contributed by atoms with E-state index in [1.165, 1.54) is 7.11 Å². The first-order valence-electron chi connectivity index (χ1n) is 4.32. The number of benzene rings is 1. The van der Waals surface area contributed by atoms with Crippen molar-refractivity contribution in [2.24, 2.45) is 5.73 Å². The van der Waals surface area contributed by atoms with E-state index in [1.54, 1.807) is 0 Å². The topological polar surface area (TPSA) is 52.3 Å². The van der Waals surface area contributed by atoms with Gasteiger partial charge in [0.1, 0.15) is 17.7 Å². The Bertz CT molecular complexity index is 374. The highest BCUT2D eigenvalue weighted by atomic mass is 35.5. The molecule has 6 heteroatoms. The molecule has 0 saturated heterocycles. The van der Waals surface area contributed by atoms with Crippen LogP contribution < -0.4 is 5.73 Å². The summed E-state index contributed by atoms with van der Waals surface area (Å²) in [6.45, 7) is 0. The predicted molar refractivity (Wildman–Crippen MR) is 57.3 cm³/mol. The van der Waals surface area contributed by atoms with Crippen LogP contribution in [0.4, 0.5) is 8.78 Å². The van der Waals surface area contributed by atoms with E-state index >= 15 is 0 Å². The molecule has 1 rings (SSSR count). The minimum atomic E-state index is -0.980. The maximum atomic E-state index is 13.1. The van der Waals surface area contributed by atoms with Crippen LogP contribution in [0.2, 0.25) is 0 Å².